The van der Waals surface area contributed by atoms with Crippen molar-refractivity contribution < 1.29 is 19.1 Å². The lowest BCUT2D eigenvalue weighted by Crippen LogP contribution is -2.40. The van der Waals surface area contributed by atoms with Crippen LogP contribution in [0.5, 0.6) is 5.75 Å². The minimum Gasteiger partial charge on any atom is -0.497 e. The van der Waals surface area contributed by atoms with E-state index >= 15 is 0 Å². The van der Waals surface area contributed by atoms with E-state index in [0.29, 0.717) is 61.1 Å². The summed E-state index contributed by atoms with van der Waals surface area (Å²) >= 11 is 6.02. The number of methoxy groups -OCH3 is 1. The number of carbonyl (C=O) groups is 2. The number of benzene rings is 2. The molecule has 2 aliphatic rings. The van der Waals surface area contributed by atoms with Gasteiger partial charge in [0, 0.05) is 24.7 Å². The van der Waals surface area contributed by atoms with Gasteiger partial charge in [-0.05, 0) is 41.8 Å². The molecule has 0 aliphatic carbocycles. The van der Waals surface area contributed by atoms with Crippen molar-refractivity contribution in [1.82, 2.24) is 9.80 Å². The molecular formula is C23H23ClN2O4. The van der Waals surface area contributed by atoms with Crippen molar-refractivity contribution in [3.8, 4) is 5.75 Å². The standard InChI is InChI=1S/C23H23ClN2O4/c1-29-19-8-2-16(3-9-19)10-11-26-22(27)20(17-4-6-18(24)7-5-17)21(23(26)28)25-12-14-30-15-13-25/h2-9H,10-15H2,1H3. The first-order valence-corrected chi connectivity index (χ1v) is 10.3. The van der Waals surface area contributed by atoms with Crippen molar-refractivity contribution in [2.75, 3.05) is 40.0 Å². The third kappa shape index (κ3) is 4.06. The van der Waals surface area contributed by atoms with Crippen LogP contribution in [0.25, 0.3) is 5.57 Å². The van der Waals surface area contributed by atoms with Gasteiger partial charge >= 0.3 is 0 Å². The fraction of sp³-hybridized carbons (Fsp3) is 0.304. The molecule has 0 spiro atoms. The van der Waals surface area contributed by atoms with Gasteiger partial charge in [-0.1, -0.05) is 35.9 Å². The third-order valence-corrected chi connectivity index (χ3v) is 5.64. The molecule has 30 heavy (non-hydrogen) atoms. The Balaban J connectivity index is 1.60. The van der Waals surface area contributed by atoms with Crippen LogP contribution in [0.4, 0.5) is 0 Å². The van der Waals surface area contributed by atoms with Crippen molar-refractivity contribution in [2.24, 2.45) is 0 Å². The van der Waals surface area contributed by atoms with Crippen LogP contribution in [0.1, 0.15) is 11.1 Å². The lowest BCUT2D eigenvalue weighted by Gasteiger charge is -2.29. The van der Waals surface area contributed by atoms with Crippen molar-refractivity contribution in [3.05, 3.63) is 70.4 Å². The highest BCUT2D eigenvalue weighted by molar-refractivity contribution is 6.36. The van der Waals surface area contributed by atoms with Crippen molar-refractivity contribution in [3.63, 3.8) is 0 Å². The lowest BCUT2D eigenvalue weighted by atomic mass is 10.0. The number of hydrogen-bond acceptors (Lipinski definition) is 5. The third-order valence-electron chi connectivity index (χ3n) is 5.39. The Morgan fingerprint density at radius 2 is 1.63 bits per heavy atom. The maximum absolute atomic E-state index is 13.3. The first kappa shape index (κ1) is 20.4. The first-order chi connectivity index (χ1) is 14.6. The van der Waals surface area contributed by atoms with Gasteiger partial charge in [0.15, 0.2) is 0 Å². The summed E-state index contributed by atoms with van der Waals surface area (Å²) < 4.78 is 10.6. The predicted molar refractivity (Wildman–Crippen MR) is 114 cm³/mol. The van der Waals surface area contributed by atoms with Gasteiger partial charge in [0.05, 0.1) is 25.9 Å². The summed E-state index contributed by atoms with van der Waals surface area (Å²) in [6.45, 7) is 2.54. The van der Waals surface area contributed by atoms with E-state index in [1.807, 2.05) is 29.2 Å². The van der Waals surface area contributed by atoms with Crippen LogP contribution in [0.15, 0.2) is 54.2 Å². The van der Waals surface area contributed by atoms with E-state index in [1.54, 1.807) is 31.4 Å². The molecule has 1 fully saturated rings. The summed E-state index contributed by atoms with van der Waals surface area (Å²) in [7, 11) is 1.62. The molecule has 2 amide bonds. The Hall–Kier alpha value is -2.83. The first-order valence-electron chi connectivity index (χ1n) is 9.90. The molecule has 0 atom stereocenters. The van der Waals surface area contributed by atoms with Crippen molar-refractivity contribution >= 4 is 29.0 Å². The Morgan fingerprint density at radius 1 is 0.967 bits per heavy atom. The fourth-order valence-electron chi connectivity index (χ4n) is 3.76. The number of nitrogens with zero attached hydrogens (tertiary/aromatic N) is 2. The normalized spacial score (nSPS) is 17.1. The molecule has 2 aromatic carbocycles. The lowest BCUT2D eigenvalue weighted by molar-refractivity contribution is -0.137. The average Bonchev–Trinajstić information content (AvgIpc) is 3.03. The molecule has 4 rings (SSSR count). The van der Waals surface area contributed by atoms with Gasteiger partial charge in [-0.2, -0.15) is 0 Å². The Morgan fingerprint density at radius 3 is 2.27 bits per heavy atom. The van der Waals surface area contributed by atoms with E-state index in [0.717, 1.165) is 11.3 Å². The molecule has 0 aromatic heterocycles. The monoisotopic (exact) mass is 426 g/mol. The summed E-state index contributed by atoms with van der Waals surface area (Å²) in [5, 5.41) is 0.584. The number of morpholine rings is 1. The molecule has 2 heterocycles. The molecule has 0 radical (unpaired) electrons. The van der Waals surface area contributed by atoms with Gasteiger partial charge in [0.25, 0.3) is 11.8 Å². The molecule has 2 aliphatic heterocycles. The SMILES string of the molecule is COc1ccc(CCN2C(=O)C(c3ccc(Cl)cc3)=C(N3CCOCC3)C2=O)cc1. The molecule has 0 unspecified atom stereocenters. The number of ether oxygens (including phenoxy) is 2. The Kier molecular flexibility index (Phi) is 6.06. The van der Waals surface area contributed by atoms with E-state index in [2.05, 4.69) is 0 Å². The van der Waals surface area contributed by atoms with Crippen LogP contribution in [-0.4, -0.2) is 61.6 Å². The zero-order valence-corrected chi connectivity index (χ0v) is 17.5. The quantitative estimate of drug-likeness (QED) is 0.664. The van der Waals surface area contributed by atoms with Crippen molar-refractivity contribution in [1.29, 1.82) is 0 Å². The Labute approximate surface area is 180 Å². The number of amides is 2. The van der Waals surface area contributed by atoms with Crippen LogP contribution >= 0.6 is 11.6 Å². The van der Waals surface area contributed by atoms with Gasteiger partial charge in [0.1, 0.15) is 11.4 Å². The second-order valence-electron chi connectivity index (χ2n) is 7.19. The molecule has 0 saturated carbocycles. The van der Waals surface area contributed by atoms with E-state index < -0.39 is 0 Å². The number of rotatable bonds is 6. The maximum Gasteiger partial charge on any atom is 0.277 e. The summed E-state index contributed by atoms with van der Waals surface area (Å²) in [5.41, 5.74) is 2.63. The Bertz CT molecular complexity index is 964. The molecule has 2 aromatic rings. The second kappa shape index (κ2) is 8.90. The smallest absolute Gasteiger partial charge is 0.277 e. The van der Waals surface area contributed by atoms with E-state index in [-0.39, 0.29) is 11.8 Å². The van der Waals surface area contributed by atoms with E-state index in [1.165, 1.54) is 4.90 Å². The topological polar surface area (TPSA) is 59.1 Å². The molecule has 7 heteroatoms. The second-order valence-corrected chi connectivity index (χ2v) is 7.63. The zero-order chi connectivity index (χ0) is 21.1. The minimum absolute atomic E-state index is 0.250. The molecule has 156 valence electrons. The highest BCUT2D eigenvalue weighted by atomic mass is 35.5. The van der Waals surface area contributed by atoms with Gasteiger partial charge in [0.2, 0.25) is 0 Å². The van der Waals surface area contributed by atoms with Gasteiger partial charge in [-0.15, -0.1) is 0 Å². The molecule has 0 N–H and O–H groups in total. The highest BCUT2D eigenvalue weighted by Crippen LogP contribution is 2.32. The molecule has 1 saturated heterocycles. The van der Waals surface area contributed by atoms with Gasteiger partial charge in [-0.25, -0.2) is 0 Å². The summed E-state index contributed by atoms with van der Waals surface area (Å²) in [5.74, 6) is 0.256. The number of halogens is 1. The van der Waals surface area contributed by atoms with E-state index in [4.69, 9.17) is 21.1 Å². The maximum atomic E-state index is 13.3. The highest BCUT2D eigenvalue weighted by Gasteiger charge is 2.41. The molecular weight excluding hydrogens is 404 g/mol. The average molecular weight is 427 g/mol. The van der Waals surface area contributed by atoms with Gasteiger partial charge < -0.3 is 14.4 Å². The van der Waals surface area contributed by atoms with E-state index in [9.17, 15) is 9.59 Å². The summed E-state index contributed by atoms with van der Waals surface area (Å²) in [4.78, 5) is 29.9. The van der Waals surface area contributed by atoms with Crippen LogP contribution in [0.3, 0.4) is 0 Å². The van der Waals surface area contributed by atoms with Crippen LogP contribution in [-0.2, 0) is 20.7 Å². The van der Waals surface area contributed by atoms with Crippen molar-refractivity contribution in [2.45, 2.75) is 6.42 Å². The van der Waals surface area contributed by atoms with Gasteiger partial charge in [-0.3, -0.25) is 14.5 Å². The fourth-order valence-corrected chi connectivity index (χ4v) is 3.88. The number of carbonyl (C=O) groups excluding carboxylic acids is 2. The molecule has 0 bridgehead atoms. The minimum atomic E-state index is -0.266. The largest absolute Gasteiger partial charge is 0.497 e. The predicted octanol–water partition coefficient (Wildman–Crippen LogP) is 3.00. The summed E-state index contributed by atoms with van der Waals surface area (Å²) in [6.07, 6.45) is 0.575. The summed E-state index contributed by atoms with van der Waals surface area (Å²) in [6, 6.07) is 14.7. The van der Waals surface area contributed by atoms with Crippen LogP contribution in [0, 0.1) is 0 Å². The van der Waals surface area contributed by atoms with Crippen LogP contribution < -0.4 is 4.74 Å². The zero-order valence-electron chi connectivity index (χ0n) is 16.8. The number of hydrogen-bond donors (Lipinski definition) is 0. The number of imide groups is 1. The van der Waals surface area contributed by atoms with Crippen LogP contribution in [0.2, 0.25) is 5.02 Å². The molecule has 6 nitrogen and oxygen atoms in total.